The van der Waals surface area contributed by atoms with Crippen LogP contribution in [0.3, 0.4) is 0 Å². The van der Waals surface area contributed by atoms with Crippen LogP contribution in [0.4, 0.5) is 11.6 Å². The molecule has 0 aliphatic carbocycles. The van der Waals surface area contributed by atoms with Crippen molar-refractivity contribution < 1.29 is 4.74 Å². The van der Waals surface area contributed by atoms with Crippen molar-refractivity contribution in [2.24, 2.45) is 0 Å². The summed E-state index contributed by atoms with van der Waals surface area (Å²) in [5, 5.41) is 0. The molecule has 0 unspecified atom stereocenters. The van der Waals surface area contributed by atoms with Gasteiger partial charge in [0, 0.05) is 30.4 Å². The SMILES string of the molecule is Cc1ncnc(N2CCOCC2)c1-c1ccc(N)nc1. The van der Waals surface area contributed by atoms with E-state index in [4.69, 9.17) is 10.5 Å². The maximum Gasteiger partial charge on any atom is 0.140 e. The molecule has 3 rings (SSSR count). The van der Waals surface area contributed by atoms with Crippen LogP contribution in [-0.2, 0) is 4.74 Å². The van der Waals surface area contributed by atoms with Gasteiger partial charge in [0.15, 0.2) is 0 Å². The minimum Gasteiger partial charge on any atom is -0.384 e. The Morgan fingerprint density at radius 2 is 1.95 bits per heavy atom. The zero-order chi connectivity index (χ0) is 13.9. The number of hydrogen-bond acceptors (Lipinski definition) is 6. The van der Waals surface area contributed by atoms with Crippen LogP contribution in [-0.4, -0.2) is 41.3 Å². The maximum absolute atomic E-state index is 5.65. The fourth-order valence-electron chi connectivity index (χ4n) is 2.37. The molecule has 104 valence electrons. The molecule has 0 spiro atoms. The molecule has 0 bridgehead atoms. The lowest BCUT2D eigenvalue weighted by Crippen LogP contribution is -2.37. The van der Waals surface area contributed by atoms with E-state index >= 15 is 0 Å². The van der Waals surface area contributed by atoms with Crippen LogP contribution in [0, 0.1) is 6.92 Å². The predicted octanol–water partition coefficient (Wildman–Crippen LogP) is 1.27. The quantitative estimate of drug-likeness (QED) is 0.886. The van der Waals surface area contributed by atoms with Crippen molar-refractivity contribution in [3.8, 4) is 11.1 Å². The number of ether oxygens (including phenoxy) is 1. The van der Waals surface area contributed by atoms with Crippen molar-refractivity contribution >= 4 is 11.6 Å². The van der Waals surface area contributed by atoms with Gasteiger partial charge < -0.3 is 15.4 Å². The van der Waals surface area contributed by atoms with Gasteiger partial charge in [0.05, 0.1) is 18.9 Å². The first-order chi connectivity index (χ1) is 9.75. The third-order valence-electron chi connectivity index (χ3n) is 3.40. The van der Waals surface area contributed by atoms with E-state index in [0.717, 1.165) is 48.9 Å². The molecule has 20 heavy (non-hydrogen) atoms. The van der Waals surface area contributed by atoms with Crippen LogP contribution in [0.5, 0.6) is 0 Å². The number of morpholine rings is 1. The van der Waals surface area contributed by atoms with E-state index < -0.39 is 0 Å². The second kappa shape index (κ2) is 5.42. The van der Waals surface area contributed by atoms with Crippen LogP contribution in [0.1, 0.15) is 5.69 Å². The van der Waals surface area contributed by atoms with Gasteiger partial charge in [-0.3, -0.25) is 0 Å². The molecule has 6 nitrogen and oxygen atoms in total. The highest BCUT2D eigenvalue weighted by Crippen LogP contribution is 2.31. The van der Waals surface area contributed by atoms with Crippen molar-refractivity contribution in [1.82, 2.24) is 15.0 Å². The molecular formula is C14H17N5O. The molecule has 2 N–H and O–H groups in total. The van der Waals surface area contributed by atoms with E-state index in [-0.39, 0.29) is 0 Å². The summed E-state index contributed by atoms with van der Waals surface area (Å²) in [6.07, 6.45) is 3.37. The Kier molecular flexibility index (Phi) is 3.47. The molecular weight excluding hydrogens is 254 g/mol. The van der Waals surface area contributed by atoms with E-state index in [1.807, 2.05) is 13.0 Å². The molecule has 1 aliphatic heterocycles. The highest BCUT2D eigenvalue weighted by atomic mass is 16.5. The van der Waals surface area contributed by atoms with Crippen molar-refractivity contribution in [2.45, 2.75) is 6.92 Å². The van der Waals surface area contributed by atoms with Crippen molar-refractivity contribution in [2.75, 3.05) is 36.9 Å². The molecule has 0 radical (unpaired) electrons. The van der Waals surface area contributed by atoms with E-state index in [2.05, 4.69) is 19.9 Å². The Labute approximate surface area is 117 Å². The maximum atomic E-state index is 5.65. The average Bonchev–Trinajstić information content (AvgIpc) is 2.49. The molecule has 3 heterocycles. The fraction of sp³-hybridized carbons (Fsp3) is 0.357. The molecule has 2 aromatic heterocycles. The molecule has 0 atom stereocenters. The Morgan fingerprint density at radius 3 is 2.65 bits per heavy atom. The van der Waals surface area contributed by atoms with Gasteiger partial charge in [-0.25, -0.2) is 15.0 Å². The minimum absolute atomic E-state index is 0.510. The van der Waals surface area contributed by atoms with Crippen LogP contribution < -0.4 is 10.6 Å². The third kappa shape index (κ3) is 2.42. The smallest absolute Gasteiger partial charge is 0.140 e. The lowest BCUT2D eigenvalue weighted by Gasteiger charge is -2.29. The van der Waals surface area contributed by atoms with E-state index in [1.165, 1.54) is 0 Å². The molecule has 6 heteroatoms. The summed E-state index contributed by atoms with van der Waals surface area (Å²) < 4.78 is 5.40. The van der Waals surface area contributed by atoms with Gasteiger partial charge in [0.2, 0.25) is 0 Å². The molecule has 0 saturated carbocycles. The molecule has 0 amide bonds. The van der Waals surface area contributed by atoms with Crippen LogP contribution >= 0.6 is 0 Å². The standard InChI is InChI=1S/C14H17N5O/c1-10-13(11-2-3-12(15)16-8-11)14(18-9-17-10)19-4-6-20-7-5-19/h2-3,8-9H,4-7H2,1H3,(H2,15,16). The summed E-state index contributed by atoms with van der Waals surface area (Å²) >= 11 is 0. The Hall–Kier alpha value is -2.21. The second-order valence-corrected chi connectivity index (χ2v) is 4.73. The van der Waals surface area contributed by atoms with E-state index in [9.17, 15) is 0 Å². The number of nitrogens with zero attached hydrogens (tertiary/aromatic N) is 4. The topological polar surface area (TPSA) is 77.2 Å². The first-order valence-electron chi connectivity index (χ1n) is 6.62. The molecule has 2 aromatic rings. The summed E-state index contributed by atoms with van der Waals surface area (Å²) in [6.45, 7) is 5.11. The van der Waals surface area contributed by atoms with E-state index in [0.29, 0.717) is 5.82 Å². The predicted molar refractivity (Wildman–Crippen MR) is 77.4 cm³/mol. The Balaban J connectivity index is 2.06. The number of aromatic nitrogens is 3. The largest absolute Gasteiger partial charge is 0.384 e. The van der Waals surface area contributed by atoms with E-state index in [1.54, 1.807) is 18.6 Å². The van der Waals surface area contributed by atoms with Crippen molar-refractivity contribution in [1.29, 1.82) is 0 Å². The second-order valence-electron chi connectivity index (χ2n) is 4.73. The van der Waals surface area contributed by atoms with Crippen LogP contribution in [0.15, 0.2) is 24.7 Å². The molecule has 1 saturated heterocycles. The van der Waals surface area contributed by atoms with Gasteiger partial charge in [-0.15, -0.1) is 0 Å². The Morgan fingerprint density at radius 1 is 1.15 bits per heavy atom. The molecule has 0 aromatic carbocycles. The van der Waals surface area contributed by atoms with Gasteiger partial charge >= 0.3 is 0 Å². The van der Waals surface area contributed by atoms with Gasteiger partial charge in [-0.1, -0.05) is 0 Å². The number of rotatable bonds is 2. The number of anilines is 2. The third-order valence-corrected chi connectivity index (χ3v) is 3.40. The van der Waals surface area contributed by atoms with Crippen molar-refractivity contribution in [3.63, 3.8) is 0 Å². The average molecular weight is 271 g/mol. The van der Waals surface area contributed by atoms with Gasteiger partial charge in [0.1, 0.15) is 18.0 Å². The van der Waals surface area contributed by atoms with Gasteiger partial charge in [-0.2, -0.15) is 0 Å². The highest BCUT2D eigenvalue weighted by molar-refractivity contribution is 5.77. The van der Waals surface area contributed by atoms with Crippen LogP contribution in [0.25, 0.3) is 11.1 Å². The van der Waals surface area contributed by atoms with Gasteiger partial charge in [-0.05, 0) is 19.1 Å². The fourth-order valence-corrected chi connectivity index (χ4v) is 2.37. The first-order valence-corrected chi connectivity index (χ1v) is 6.62. The lowest BCUT2D eigenvalue weighted by molar-refractivity contribution is 0.122. The number of aryl methyl sites for hydroxylation is 1. The lowest BCUT2D eigenvalue weighted by atomic mass is 10.1. The minimum atomic E-state index is 0.510. The number of hydrogen-bond donors (Lipinski definition) is 1. The zero-order valence-electron chi connectivity index (χ0n) is 11.4. The summed E-state index contributed by atoms with van der Waals surface area (Å²) in [6, 6.07) is 3.75. The summed E-state index contributed by atoms with van der Waals surface area (Å²) in [5.41, 5.74) is 8.59. The summed E-state index contributed by atoms with van der Waals surface area (Å²) in [4.78, 5) is 15.2. The Bertz CT molecular complexity index is 593. The monoisotopic (exact) mass is 271 g/mol. The van der Waals surface area contributed by atoms with Gasteiger partial charge in [0.25, 0.3) is 0 Å². The zero-order valence-corrected chi connectivity index (χ0v) is 11.4. The normalized spacial score (nSPS) is 15.3. The summed E-state index contributed by atoms with van der Waals surface area (Å²) in [7, 11) is 0. The molecule has 1 fully saturated rings. The molecule has 1 aliphatic rings. The number of nitrogens with two attached hydrogens (primary N) is 1. The summed E-state index contributed by atoms with van der Waals surface area (Å²) in [5.74, 6) is 1.45. The highest BCUT2D eigenvalue weighted by Gasteiger charge is 2.19. The first kappa shape index (κ1) is 12.8. The van der Waals surface area contributed by atoms with Crippen LogP contribution in [0.2, 0.25) is 0 Å². The number of nitrogen functional groups attached to an aromatic ring is 1. The number of pyridine rings is 1. The van der Waals surface area contributed by atoms with Crippen molar-refractivity contribution in [3.05, 3.63) is 30.4 Å².